The summed E-state index contributed by atoms with van der Waals surface area (Å²) in [4.78, 5) is 49.5. The Morgan fingerprint density at radius 2 is 1.74 bits per heavy atom. The number of hydrazine groups is 1. The van der Waals surface area contributed by atoms with E-state index >= 15 is 0 Å². The molecule has 3 aromatic carbocycles. The number of carbonyl (C=O) groups is 3. The number of fused-ring (bicyclic) bond motifs is 2. The minimum absolute atomic E-state index is 0.0440. The largest absolute Gasteiger partial charge is 0.508 e. The Labute approximate surface area is 250 Å². The molecule has 1 aromatic heterocycles. The number of benzene rings is 3. The van der Waals surface area contributed by atoms with Crippen LogP contribution in [0.25, 0.3) is 10.8 Å². The first-order valence-electron chi connectivity index (χ1n) is 14.3. The number of aromatic nitrogens is 1. The topological polar surface area (TPSA) is 109 Å². The van der Waals surface area contributed by atoms with Gasteiger partial charge in [-0.3, -0.25) is 14.6 Å². The van der Waals surface area contributed by atoms with Gasteiger partial charge in [0.15, 0.2) is 0 Å². The van der Waals surface area contributed by atoms with Gasteiger partial charge in [0.25, 0.3) is 0 Å². The highest BCUT2D eigenvalue weighted by Crippen LogP contribution is 2.33. The normalized spacial score (nSPS) is 20.8. The Morgan fingerprint density at radius 3 is 2.51 bits per heavy atom. The van der Waals surface area contributed by atoms with Crippen LogP contribution in [0.4, 0.5) is 4.79 Å². The van der Waals surface area contributed by atoms with Crippen LogP contribution in [-0.2, 0) is 29.1 Å². The van der Waals surface area contributed by atoms with Crippen molar-refractivity contribution in [3.8, 4) is 5.75 Å². The smallest absolute Gasteiger partial charge is 0.334 e. The van der Waals surface area contributed by atoms with Gasteiger partial charge in [-0.05, 0) is 47.2 Å². The molecule has 0 spiro atoms. The van der Waals surface area contributed by atoms with Gasteiger partial charge in [0.1, 0.15) is 18.0 Å². The van der Waals surface area contributed by atoms with Gasteiger partial charge in [0.05, 0.1) is 12.6 Å². The number of amides is 4. The molecule has 43 heavy (non-hydrogen) atoms. The predicted molar refractivity (Wildman–Crippen MR) is 161 cm³/mol. The molecule has 0 radical (unpaired) electrons. The molecule has 2 fully saturated rings. The number of carbonyl (C=O) groups excluding carboxylic acids is 3. The number of nitrogens with zero attached hydrogens (tertiary/aromatic N) is 5. The van der Waals surface area contributed by atoms with Gasteiger partial charge in [0, 0.05) is 44.3 Å². The van der Waals surface area contributed by atoms with Gasteiger partial charge in [-0.15, -0.1) is 0 Å². The first-order valence-corrected chi connectivity index (χ1v) is 14.3. The fourth-order valence-corrected chi connectivity index (χ4v) is 6.19. The van der Waals surface area contributed by atoms with Gasteiger partial charge < -0.3 is 20.2 Å². The summed E-state index contributed by atoms with van der Waals surface area (Å²) in [6, 6.07) is 22.4. The number of urea groups is 1. The molecule has 0 saturated carbocycles. The van der Waals surface area contributed by atoms with Crippen molar-refractivity contribution < 1.29 is 19.5 Å². The van der Waals surface area contributed by atoms with Crippen LogP contribution in [0, 0.1) is 0 Å². The third-order valence-electron chi connectivity index (χ3n) is 8.35. The van der Waals surface area contributed by atoms with E-state index in [-0.39, 0.29) is 36.6 Å². The van der Waals surface area contributed by atoms with E-state index in [0.717, 1.165) is 27.5 Å². The van der Waals surface area contributed by atoms with Crippen molar-refractivity contribution in [2.45, 2.75) is 44.7 Å². The molecular formula is C33H34N6O4. The lowest BCUT2D eigenvalue weighted by atomic mass is 9.94. The average molecular weight is 579 g/mol. The number of hydrogen-bond acceptors (Lipinski definition) is 6. The number of nitrogens with one attached hydrogen (secondary N) is 1. The molecule has 3 atom stereocenters. The van der Waals surface area contributed by atoms with E-state index < -0.39 is 18.2 Å². The highest BCUT2D eigenvalue weighted by atomic mass is 16.3. The molecule has 2 saturated heterocycles. The van der Waals surface area contributed by atoms with Crippen LogP contribution in [0.3, 0.4) is 0 Å². The van der Waals surface area contributed by atoms with E-state index in [2.05, 4.69) is 10.3 Å². The zero-order chi connectivity index (χ0) is 30.1. The highest BCUT2D eigenvalue weighted by Gasteiger charge is 2.54. The number of pyridine rings is 1. The van der Waals surface area contributed by atoms with Crippen molar-refractivity contribution in [1.82, 2.24) is 30.1 Å². The van der Waals surface area contributed by atoms with Crippen molar-refractivity contribution in [1.29, 1.82) is 0 Å². The summed E-state index contributed by atoms with van der Waals surface area (Å²) in [5.74, 6) is -0.292. The Morgan fingerprint density at radius 1 is 0.977 bits per heavy atom. The minimum atomic E-state index is -0.840. The van der Waals surface area contributed by atoms with E-state index in [4.69, 9.17) is 0 Å². The Kier molecular flexibility index (Phi) is 7.69. The summed E-state index contributed by atoms with van der Waals surface area (Å²) in [5, 5.41) is 18.0. The molecule has 4 aromatic rings. The molecule has 0 aliphatic carbocycles. The van der Waals surface area contributed by atoms with Gasteiger partial charge >= 0.3 is 6.03 Å². The Hall–Kier alpha value is -4.96. The molecular weight excluding hydrogens is 544 g/mol. The predicted octanol–water partition coefficient (Wildman–Crippen LogP) is 3.51. The van der Waals surface area contributed by atoms with E-state index in [9.17, 15) is 19.5 Å². The molecule has 220 valence electrons. The van der Waals surface area contributed by atoms with Crippen LogP contribution >= 0.6 is 0 Å². The fourth-order valence-electron chi connectivity index (χ4n) is 6.19. The highest BCUT2D eigenvalue weighted by molar-refractivity contribution is 5.92. The zero-order valence-electron chi connectivity index (χ0n) is 24.1. The molecule has 0 bridgehead atoms. The van der Waals surface area contributed by atoms with Crippen molar-refractivity contribution in [3.63, 3.8) is 0 Å². The Balaban J connectivity index is 1.38. The molecule has 4 amide bonds. The lowest BCUT2D eigenvalue weighted by molar-refractivity contribution is -0.196. The molecule has 2 aliphatic heterocycles. The Bertz CT molecular complexity index is 1640. The number of aromatic hydroxyl groups is 1. The van der Waals surface area contributed by atoms with Crippen LogP contribution in [0.2, 0.25) is 0 Å². The van der Waals surface area contributed by atoms with E-state index in [0.29, 0.717) is 13.1 Å². The van der Waals surface area contributed by atoms with Crippen molar-refractivity contribution >= 4 is 28.6 Å². The maximum atomic E-state index is 14.4. The van der Waals surface area contributed by atoms with Crippen LogP contribution < -0.4 is 5.32 Å². The van der Waals surface area contributed by atoms with Crippen molar-refractivity contribution in [2.24, 2.45) is 0 Å². The van der Waals surface area contributed by atoms with Crippen LogP contribution in [0.1, 0.15) is 23.6 Å². The van der Waals surface area contributed by atoms with Crippen LogP contribution in [0.5, 0.6) is 5.75 Å². The first kappa shape index (κ1) is 28.2. The second-order valence-corrected chi connectivity index (χ2v) is 11.1. The zero-order valence-corrected chi connectivity index (χ0v) is 24.1. The van der Waals surface area contributed by atoms with Crippen molar-refractivity contribution in [3.05, 3.63) is 108 Å². The summed E-state index contributed by atoms with van der Waals surface area (Å²) in [5.41, 5.74) is 2.70. The molecule has 10 heteroatoms. The third kappa shape index (κ3) is 5.49. The lowest BCUT2D eigenvalue weighted by Gasteiger charge is -2.57. The first-order chi connectivity index (χ1) is 20.8. The van der Waals surface area contributed by atoms with Crippen molar-refractivity contribution in [2.75, 3.05) is 13.6 Å². The standard InChI is InChI=1S/C33H34N6O4/c1-22-31-38(30(41)21-36(2)39(31)33(43)35-18-24-7-4-3-5-8-24)29(17-23-11-13-27(40)14-12-23)32(42)37(22)20-26-10-6-9-25-19-34-16-15-28(25)26/h3-16,19,22,29,31,40H,17-18,20-21H2,1-2H3,(H,35,43). The van der Waals surface area contributed by atoms with E-state index in [1.165, 1.54) is 0 Å². The molecule has 10 nitrogen and oxygen atoms in total. The molecule has 3 unspecified atom stereocenters. The summed E-state index contributed by atoms with van der Waals surface area (Å²) in [6.45, 7) is 2.47. The number of likely N-dealkylation sites (N-methyl/N-ethyl adjacent to an activating group) is 1. The van der Waals surface area contributed by atoms with E-state index in [1.807, 2.05) is 61.5 Å². The van der Waals surface area contributed by atoms with E-state index in [1.54, 1.807) is 63.5 Å². The number of hydrogen-bond donors (Lipinski definition) is 2. The van der Waals surface area contributed by atoms with Gasteiger partial charge in [0.2, 0.25) is 11.8 Å². The summed E-state index contributed by atoms with van der Waals surface area (Å²) < 4.78 is 0. The maximum Gasteiger partial charge on any atom is 0.334 e. The fraction of sp³-hybridized carbons (Fsp3) is 0.273. The van der Waals surface area contributed by atoms with Gasteiger partial charge in [-0.2, -0.15) is 0 Å². The minimum Gasteiger partial charge on any atom is -0.508 e. The average Bonchev–Trinajstić information content (AvgIpc) is 3.01. The number of phenols is 1. The molecule has 6 rings (SSSR count). The molecule has 2 N–H and O–H groups in total. The number of piperazine rings is 1. The van der Waals surface area contributed by atoms with Gasteiger partial charge in [-0.25, -0.2) is 14.8 Å². The lowest BCUT2D eigenvalue weighted by Crippen LogP contribution is -2.78. The monoisotopic (exact) mass is 578 g/mol. The van der Waals surface area contributed by atoms with Crippen LogP contribution in [-0.4, -0.2) is 79.6 Å². The molecule has 2 aliphatic rings. The number of rotatable bonds is 6. The third-order valence-corrected chi connectivity index (χ3v) is 8.35. The maximum absolute atomic E-state index is 14.4. The summed E-state index contributed by atoms with van der Waals surface area (Å²) in [6.07, 6.45) is 3.03. The van der Waals surface area contributed by atoms with Crippen LogP contribution in [0.15, 0.2) is 91.3 Å². The summed E-state index contributed by atoms with van der Waals surface area (Å²) in [7, 11) is 1.72. The second-order valence-electron chi connectivity index (χ2n) is 11.1. The molecule has 3 heterocycles. The quantitative estimate of drug-likeness (QED) is 0.363. The number of phenolic OH excluding ortho intramolecular Hbond substituents is 1. The second kappa shape index (κ2) is 11.7. The van der Waals surface area contributed by atoms with Gasteiger partial charge in [-0.1, -0.05) is 60.7 Å². The SMILES string of the molecule is CC1C2N(C(=O)CN(C)N2C(=O)NCc2ccccc2)C(Cc2ccc(O)cc2)C(=O)N1Cc1cccc2cnccc12. The summed E-state index contributed by atoms with van der Waals surface area (Å²) >= 11 is 0.